The smallest absolute Gasteiger partial charge is 0.0703 e. The molecular formula is C107H97NS15. The highest BCUT2D eigenvalue weighted by Crippen LogP contribution is 2.49. The third kappa shape index (κ3) is 15.2. The maximum Gasteiger partial charge on any atom is 0.0703 e. The molecule has 25 aromatic rings. The first-order valence-electron chi connectivity index (χ1n) is 41.7. The number of hydrogen-bond donors (Lipinski definition) is 0. The van der Waals surface area contributed by atoms with E-state index in [1.807, 2.05) is 170 Å². The Kier molecular flexibility index (Phi) is 22.5. The fourth-order valence-electron chi connectivity index (χ4n) is 18.6. The van der Waals surface area contributed by atoms with Gasteiger partial charge in [-0.05, 0) is 431 Å². The van der Waals surface area contributed by atoms with Gasteiger partial charge in [-0.15, -0.1) is 170 Å². The van der Waals surface area contributed by atoms with E-state index in [9.17, 15) is 0 Å². The predicted octanol–water partition coefficient (Wildman–Crippen LogP) is 40.2. The number of nitrogens with zero attached hydrogens (tertiary/aromatic N) is 1. The first-order chi connectivity index (χ1) is 58.6. The van der Waals surface area contributed by atoms with Gasteiger partial charge in [0.15, 0.2) is 0 Å². The van der Waals surface area contributed by atoms with Crippen LogP contribution in [0.4, 0.5) is 0 Å². The zero-order chi connectivity index (χ0) is 86.4. The fourth-order valence-corrected chi connectivity index (χ4v) is 35.1. The Labute approximate surface area is 779 Å². The van der Waals surface area contributed by atoms with Crippen LogP contribution in [-0.2, 0) is 7.05 Å². The highest BCUT2D eigenvalue weighted by Gasteiger charge is 2.21. The van der Waals surface area contributed by atoms with Crippen molar-refractivity contribution in [2.45, 2.75) is 166 Å². The normalized spacial score (nSPS) is 11.9. The van der Waals surface area contributed by atoms with Crippen LogP contribution in [0.1, 0.15) is 124 Å². The van der Waals surface area contributed by atoms with Crippen molar-refractivity contribution in [2.75, 3.05) is 0 Å². The second-order valence-electron chi connectivity index (χ2n) is 34.0. The molecule has 16 heterocycles. The van der Waals surface area contributed by atoms with E-state index < -0.39 is 0 Å². The van der Waals surface area contributed by atoms with Crippen LogP contribution in [0.5, 0.6) is 0 Å². The van der Waals surface area contributed by atoms with Crippen molar-refractivity contribution in [3.05, 3.63) is 257 Å². The Morgan fingerprint density at radius 1 is 0.146 bits per heavy atom. The summed E-state index contributed by atoms with van der Waals surface area (Å²) in [5, 5.41) is 25.6. The number of fused-ring (bicyclic) bond motifs is 24. The van der Waals surface area contributed by atoms with E-state index in [1.165, 1.54) is 307 Å². The lowest BCUT2D eigenvalue weighted by molar-refractivity contribution is 1.02. The van der Waals surface area contributed by atoms with E-state index in [0.717, 1.165) is 0 Å². The molecule has 0 aliphatic carbocycles. The van der Waals surface area contributed by atoms with Crippen LogP contribution >= 0.6 is 170 Å². The largest absolute Gasteiger partial charge is 0.342 e. The van der Waals surface area contributed by atoms with Crippen LogP contribution in [-0.4, -0.2) is 4.57 Å². The summed E-state index contributed by atoms with van der Waals surface area (Å²) in [6.07, 6.45) is 0. The summed E-state index contributed by atoms with van der Waals surface area (Å²) < 4.78 is 25.6. The molecule has 0 spiro atoms. The second-order valence-corrected chi connectivity index (χ2v) is 52.7. The highest BCUT2D eigenvalue weighted by molar-refractivity contribution is 7.38. The van der Waals surface area contributed by atoms with Crippen molar-refractivity contribution in [3.63, 3.8) is 0 Å². The van der Waals surface area contributed by atoms with Crippen molar-refractivity contribution >= 4 is 353 Å². The number of rotatable bonds is 0. The molecule has 0 fully saturated rings. The van der Waals surface area contributed by atoms with E-state index >= 15 is 0 Å². The Bertz CT molecular complexity index is 7750. The fraction of sp³-hybridized carbons (Fsp3) is 0.234. The van der Waals surface area contributed by atoms with Gasteiger partial charge in [0.25, 0.3) is 0 Å². The van der Waals surface area contributed by atoms with Crippen molar-refractivity contribution in [1.29, 1.82) is 0 Å². The van der Waals surface area contributed by atoms with Gasteiger partial charge in [-0.1, -0.05) is 0 Å². The Hall–Kier alpha value is -7.56. The monoisotopic (exact) mass is 1880 g/mol. The Morgan fingerprint density at radius 2 is 0.407 bits per heavy atom. The van der Waals surface area contributed by atoms with Crippen molar-refractivity contribution in [3.8, 4) is 0 Å². The quantitative estimate of drug-likeness (QED) is 0.143. The van der Waals surface area contributed by atoms with Crippen LogP contribution in [0.15, 0.2) is 133 Å². The van der Waals surface area contributed by atoms with Crippen molar-refractivity contribution in [2.24, 2.45) is 7.05 Å². The zero-order valence-electron chi connectivity index (χ0n) is 74.3. The van der Waals surface area contributed by atoms with Gasteiger partial charge in [-0.2, -0.15) is 0 Å². The number of aryl methyl sites for hydroxylation is 25. The van der Waals surface area contributed by atoms with Crippen LogP contribution in [0.25, 0.3) is 183 Å². The van der Waals surface area contributed by atoms with Crippen LogP contribution in [0.2, 0.25) is 0 Å². The molecule has 0 aliphatic heterocycles. The molecule has 9 aromatic carbocycles. The summed E-state index contributed by atoms with van der Waals surface area (Å²) in [4.78, 5) is 19.7. The lowest BCUT2D eigenvalue weighted by Gasteiger charge is -2.08. The van der Waals surface area contributed by atoms with Gasteiger partial charge >= 0.3 is 0 Å². The minimum absolute atomic E-state index is 1.38. The minimum Gasteiger partial charge on any atom is -0.342 e. The maximum atomic E-state index is 2.39. The van der Waals surface area contributed by atoms with E-state index in [-0.39, 0.29) is 0 Å². The van der Waals surface area contributed by atoms with E-state index in [1.54, 1.807) is 0 Å². The molecule has 0 amide bonds. The zero-order valence-corrected chi connectivity index (χ0v) is 86.5. The third-order valence-corrected chi connectivity index (χ3v) is 41.4. The molecule has 0 aliphatic rings. The molecule has 0 radical (unpaired) electrons. The molecular weight excluding hydrogens is 1780 g/mol. The first-order valence-corrected chi connectivity index (χ1v) is 54.0. The maximum absolute atomic E-state index is 2.39. The SMILES string of the molecule is Cc1cc2c(C)c3cc4sc(C)cc4c(C)c3cc2s1.Cc1cc2c(C)c3sc(C)cc3c(C)c2s1.Cc1cc2c(C)cc3c(cc(C)c4cc(C)sc43)c2s1.Cc1cc2c(s1)c(C)cc1c3cc(C)sc3c(C)cc21.Cc1cc2c(s1)c1sc(C)cc1n2C.Cc1cc2cc3c(C)c4sc(C)cc4cc3c(C)c2s1.Cc1cc2sc3cc(C)sc3c2s1. The Morgan fingerprint density at radius 3 is 0.797 bits per heavy atom. The van der Waals surface area contributed by atoms with E-state index in [0.29, 0.717) is 0 Å². The minimum atomic E-state index is 1.38. The predicted molar refractivity (Wildman–Crippen MR) is 581 cm³/mol. The summed E-state index contributed by atoms with van der Waals surface area (Å²) in [5.41, 5.74) is 17.0. The lowest BCUT2D eigenvalue weighted by Crippen LogP contribution is -1.84. The molecule has 0 bridgehead atoms. The van der Waals surface area contributed by atoms with Crippen LogP contribution in [0.3, 0.4) is 0 Å². The number of aromatic nitrogens is 1. The number of thiophene rings is 15. The summed E-state index contributed by atoms with van der Waals surface area (Å²) in [5.74, 6) is 0. The average molecular weight is 1880 g/mol. The molecule has 16 aromatic heterocycles. The molecule has 0 saturated heterocycles. The lowest BCUT2D eigenvalue weighted by atomic mass is 9.97. The van der Waals surface area contributed by atoms with Gasteiger partial charge in [-0.25, -0.2) is 0 Å². The van der Waals surface area contributed by atoms with Crippen molar-refractivity contribution < 1.29 is 0 Å². The molecule has 0 N–H and O–H groups in total. The van der Waals surface area contributed by atoms with E-state index in [4.69, 9.17) is 0 Å². The number of hydrogen-bond acceptors (Lipinski definition) is 15. The van der Waals surface area contributed by atoms with Gasteiger partial charge in [-0.3, -0.25) is 0 Å². The van der Waals surface area contributed by atoms with Gasteiger partial charge in [0.1, 0.15) is 0 Å². The summed E-state index contributed by atoms with van der Waals surface area (Å²) in [6, 6.07) is 51.5. The molecule has 16 heteroatoms. The Balaban J connectivity index is 0.0000000948. The summed E-state index contributed by atoms with van der Waals surface area (Å²) in [6.45, 7) is 53.3. The topological polar surface area (TPSA) is 4.93 Å². The molecule has 0 saturated carbocycles. The standard InChI is InChI=1S/4C18H16S2.C14H14S2.C11H11NS2.C10H8S3/c1-9-5-15-11(3)14-8-18-16(6-10(2)20-18)12(4)13(14)7-17(15)19-9;1-9-5-13-7-15-12(4)18-14(6-10(2)20-18)8-16(15)11(3)17(13)19-9;1-9-5-15-16(17-13(9)7-11(3)19-17)6-10(2)14-8-12(4)20-18(14)15;1-9-5-13-14(15-7-11(3)19-17(9)15)6-10(2)18-16(13)8-12(4)20-18;1-7-5-11-9(3)14-12(6-8(2)16-14)10(4)13(11)15-7;1-6-4-8-10(13-6)11-9(12(8)3)5-7(2)14-11;1-5-3-7-9(11-5)10-8(13-7)4-6(2)12-10/h4*5-8H,1-4H3;5-6H,1-4H3;4-5H,1-3H3;3-4H,1-2H3. The van der Waals surface area contributed by atoms with Crippen molar-refractivity contribution in [1.82, 2.24) is 4.57 Å². The van der Waals surface area contributed by atoms with Crippen LogP contribution in [0, 0.1) is 166 Å². The van der Waals surface area contributed by atoms with Gasteiger partial charge in [0.2, 0.25) is 0 Å². The highest BCUT2D eigenvalue weighted by atomic mass is 32.2. The molecule has 1 nitrogen and oxygen atoms in total. The summed E-state index contributed by atoms with van der Waals surface area (Å²) in [7, 11) is 2.16. The molecule has 620 valence electrons. The van der Waals surface area contributed by atoms with E-state index in [2.05, 4.69) is 311 Å². The third-order valence-electron chi connectivity index (χ3n) is 24.3. The number of benzene rings is 9. The van der Waals surface area contributed by atoms with Crippen LogP contribution < -0.4 is 0 Å². The average Bonchev–Trinajstić information content (AvgIpc) is 1.62. The first kappa shape index (κ1) is 84.9. The van der Waals surface area contributed by atoms with Gasteiger partial charge in [0.05, 0.1) is 29.8 Å². The van der Waals surface area contributed by atoms with Gasteiger partial charge in [0, 0.05) is 153 Å². The molecule has 25 rings (SSSR count). The summed E-state index contributed by atoms with van der Waals surface area (Å²) >= 11 is 28.7. The molecule has 0 unspecified atom stereocenters. The molecule has 0 atom stereocenters. The molecule has 123 heavy (non-hydrogen) atoms. The second kappa shape index (κ2) is 32.6. The van der Waals surface area contributed by atoms with Gasteiger partial charge < -0.3 is 4.57 Å².